The van der Waals surface area contributed by atoms with Crippen molar-refractivity contribution in [2.24, 2.45) is 22.7 Å². The number of benzene rings is 1. The molecule has 4 N–H and O–H groups in total. The van der Waals surface area contributed by atoms with E-state index in [0.29, 0.717) is 50.4 Å². The van der Waals surface area contributed by atoms with Crippen molar-refractivity contribution in [2.75, 3.05) is 26.8 Å². The fourth-order valence-corrected chi connectivity index (χ4v) is 7.14. The molecule has 2 aliphatic rings. The molecule has 48 heavy (non-hydrogen) atoms. The van der Waals surface area contributed by atoms with Crippen molar-refractivity contribution in [3.8, 4) is 0 Å². The van der Waals surface area contributed by atoms with Gasteiger partial charge in [0.2, 0.25) is 5.91 Å². The molecule has 3 rings (SSSR count). The molecule has 1 aliphatic carbocycles. The van der Waals surface area contributed by atoms with Crippen LogP contribution in [0.1, 0.15) is 78.9 Å². The Morgan fingerprint density at radius 1 is 1.02 bits per heavy atom. The molecule has 0 saturated carbocycles. The molecular weight excluding hydrogens is 602 g/mol. The van der Waals surface area contributed by atoms with Gasteiger partial charge in [0.1, 0.15) is 6.04 Å². The van der Waals surface area contributed by atoms with Crippen LogP contribution in [0.25, 0.3) is 0 Å². The first-order valence-electron chi connectivity index (χ1n) is 17.5. The summed E-state index contributed by atoms with van der Waals surface area (Å²) in [5.74, 6) is -0.284. The van der Waals surface area contributed by atoms with Crippen LogP contribution in [0.3, 0.4) is 0 Å². The second kappa shape index (κ2) is 16.7. The molecule has 1 aromatic carbocycles. The molecular formula is C39H61N5O4. The second-order valence-electron chi connectivity index (χ2n) is 15.7. The van der Waals surface area contributed by atoms with Gasteiger partial charge in [-0.1, -0.05) is 98.4 Å². The third-order valence-electron chi connectivity index (χ3n) is 9.95. The highest BCUT2D eigenvalue weighted by atomic mass is 16.5. The summed E-state index contributed by atoms with van der Waals surface area (Å²) in [7, 11) is 1.62. The highest BCUT2D eigenvalue weighted by Gasteiger charge is 2.48. The molecule has 0 radical (unpaired) electrons. The minimum atomic E-state index is -0.759. The topological polar surface area (TPSA) is 112 Å². The molecule has 1 aliphatic heterocycles. The first kappa shape index (κ1) is 38.9. The smallest absolute Gasteiger partial charge is 0.315 e. The number of Topliss-reactive ketones (excluding diaryl/α,β-unsaturated/α-hetero) is 1. The minimum Gasteiger partial charge on any atom is -0.383 e. The Hall–Kier alpha value is -3.59. The lowest BCUT2D eigenvalue weighted by atomic mass is 9.75. The van der Waals surface area contributed by atoms with Crippen LogP contribution in [-0.4, -0.2) is 73.6 Å². The van der Waals surface area contributed by atoms with E-state index in [1.807, 2.05) is 24.0 Å². The number of ether oxygens (including phenoxy) is 1. The van der Waals surface area contributed by atoms with Crippen molar-refractivity contribution in [3.05, 3.63) is 72.6 Å². The number of carbonyl (C=O) groups excluding carboxylic acids is 3. The lowest BCUT2D eigenvalue weighted by Crippen LogP contribution is -2.59. The summed E-state index contributed by atoms with van der Waals surface area (Å²) in [5, 5.41) is 12.7. The van der Waals surface area contributed by atoms with Gasteiger partial charge in [-0.3, -0.25) is 9.59 Å². The summed E-state index contributed by atoms with van der Waals surface area (Å²) in [6.07, 6.45) is 5.23. The number of rotatable bonds is 16. The number of amides is 3. The van der Waals surface area contributed by atoms with E-state index in [4.69, 9.17) is 4.74 Å². The number of ketones is 1. The maximum atomic E-state index is 14.9. The zero-order chi connectivity index (χ0) is 35.8. The molecule has 1 heterocycles. The van der Waals surface area contributed by atoms with E-state index in [9.17, 15) is 14.4 Å². The monoisotopic (exact) mass is 663 g/mol. The van der Waals surface area contributed by atoms with Crippen molar-refractivity contribution in [3.63, 3.8) is 0 Å². The molecule has 1 aromatic rings. The Bertz CT molecular complexity index is 1300. The van der Waals surface area contributed by atoms with Crippen LogP contribution in [0.2, 0.25) is 0 Å². The van der Waals surface area contributed by atoms with Crippen molar-refractivity contribution in [1.82, 2.24) is 26.2 Å². The summed E-state index contributed by atoms with van der Waals surface area (Å²) >= 11 is 0. The number of carbonyl (C=O) groups is 3. The van der Waals surface area contributed by atoms with Gasteiger partial charge in [-0.25, -0.2) is 4.79 Å². The largest absolute Gasteiger partial charge is 0.383 e. The Morgan fingerprint density at radius 2 is 1.65 bits per heavy atom. The number of urea groups is 1. The van der Waals surface area contributed by atoms with Gasteiger partial charge in [-0.15, -0.1) is 6.58 Å². The van der Waals surface area contributed by atoms with Crippen LogP contribution in [0, 0.1) is 22.7 Å². The number of hydrogen-bond acceptors (Lipinski definition) is 6. The third kappa shape index (κ3) is 9.74. The number of nitrogens with zero attached hydrogens (tertiary/aromatic N) is 1. The summed E-state index contributed by atoms with van der Waals surface area (Å²) in [4.78, 5) is 43.9. The standard InChI is InChI=1S/C39H61N5O4/c1-12-16-31(35(45)26(4)40-20-13-2)41-25(3)34-30(38(5,6)7)19-21-44(34)36(46)33(29-22-27-17-14-15-18-28(27)23-29)43-37(47)42-32(24-48-11)39(8,9)10/h13-15,17-18,29-34,40-41H,2-4,12,16,19-24H2,1,5-11H3,(H2,42,43,47)/t30-,31?,32?,33?,34?/m0/s1. The number of methoxy groups -OCH3 is 1. The van der Waals surface area contributed by atoms with Crippen LogP contribution < -0.4 is 21.3 Å². The predicted octanol–water partition coefficient (Wildman–Crippen LogP) is 5.52. The number of hydrogen-bond donors (Lipinski definition) is 4. The molecule has 4 unspecified atom stereocenters. The molecule has 0 aromatic heterocycles. The van der Waals surface area contributed by atoms with Crippen molar-refractivity contribution in [1.29, 1.82) is 0 Å². The highest BCUT2D eigenvalue weighted by molar-refractivity contribution is 5.98. The van der Waals surface area contributed by atoms with E-state index in [2.05, 4.69) is 94.7 Å². The normalized spacial score (nSPS) is 19.9. The molecule has 0 bridgehead atoms. The molecule has 0 spiro atoms. The van der Waals surface area contributed by atoms with Crippen LogP contribution in [0.4, 0.5) is 4.79 Å². The number of fused-ring (bicyclic) bond motifs is 1. The van der Waals surface area contributed by atoms with E-state index in [1.165, 1.54) is 11.1 Å². The Morgan fingerprint density at radius 3 is 2.17 bits per heavy atom. The van der Waals surface area contributed by atoms with Crippen LogP contribution in [0.15, 0.2) is 61.5 Å². The fourth-order valence-electron chi connectivity index (χ4n) is 7.14. The number of likely N-dealkylation sites (tertiary alicyclic amines) is 1. The zero-order valence-corrected chi connectivity index (χ0v) is 30.7. The molecule has 9 nitrogen and oxygen atoms in total. The van der Waals surface area contributed by atoms with Gasteiger partial charge in [-0.05, 0) is 59.5 Å². The molecule has 5 atom stereocenters. The number of nitrogens with one attached hydrogen (secondary N) is 4. The molecule has 1 fully saturated rings. The van der Waals surface area contributed by atoms with Crippen molar-refractivity contribution in [2.45, 2.75) is 105 Å². The van der Waals surface area contributed by atoms with Gasteiger partial charge in [0.15, 0.2) is 5.78 Å². The third-order valence-corrected chi connectivity index (χ3v) is 9.95. The Labute approximate surface area is 289 Å². The van der Waals surface area contributed by atoms with Crippen LogP contribution in [-0.2, 0) is 27.2 Å². The van der Waals surface area contributed by atoms with Gasteiger partial charge in [0.05, 0.1) is 30.4 Å². The lowest BCUT2D eigenvalue weighted by Gasteiger charge is -2.39. The van der Waals surface area contributed by atoms with Gasteiger partial charge < -0.3 is 30.9 Å². The first-order valence-corrected chi connectivity index (χ1v) is 17.5. The average Bonchev–Trinajstić information content (AvgIpc) is 3.66. The zero-order valence-electron chi connectivity index (χ0n) is 30.7. The molecule has 266 valence electrons. The lowest BCUT2D eigenvalue weighted by molar-refractivity contribution is -0.135. The van der Waals surface area contributed by atoms with E-state index in [0.717, 1.165) is 12.8 Å². The van der Waals surface area contributed by atoms with Crippen LogP contribution >= 0.6 is 0 Å². The predicted molar refractivity (Wildman–Crippen MR) is 194 cm³/mol. The van der Waals surface area contributed by atoms with E-state index in [1.54, 1.807) is 13.2 Å². The van der Waals surface area contributed by atoms with E-state index in [-0.39, 0.29) is 52.5 Å². The van der Waals surface area contributed by atoms with E-state index >= 15 is 0 Å². The fraction of sp³-hybridized carbons (Fsp3) is 0.615. The highest BCUT2D eigenvalue weighted by Crippen LogP contribution is 2.42. The van der Waals surface area contributed by atoms with Gasteiger partial charge in [0.25, 0.3) is 0 Å². The maximum Gasteiger partial charge on any atom is 0.315 e. The molecule has 9 heteroatoms. The summed E-state index contributed by atoms with van der Waals surface area (Å²) in [5.41, 5.74) is 2.97. The molecule has 1 saturated heterocycles. The Kier molecular flexibility index (Phi) is 13.5. The first-order chi connectivity index (χ1) is 22.5. The van der Waals surface area contributed by atoms with Crippen LogP contribution in [0.5, 0.6) is 0 Å². The van der Waals surface area contributed by atoms with Gasteiger partial charge in [-0.2, -0.15) is 0 Å². The maximum absolute atomic E-state index is 14.9. The summed E-state index contributed by atoms with van der Waals surface area (Å²) in [6.45, 7) is 28.2. The minimum absolute atomic E-state index is 0.0862. The average molecular weight is 664 g/mol. The van der Waals surface area contributed by atoms with Gasteiger partial charge in [0, 0.05) is 25.9 Å². The quantitative estimate of drug-likeness (QED) is 0.137. The second-order valence-corrected chi connectivity index (χ2v) is 15.7. The SMILES string of the molecule is C=CCNC(=C)C(=O)C(CCC)NC(=C)C1[C@@H](C(C)(C)C)CCN1C(=O)C(NC(=O)NC(COC)C(C)(C)C)C1Cc2ccccc2C1. The van der Waals surface area contributed by atoms with Crippen molar-refractivity contribution >= 4 is 17.7 Å². The summed E-state index contributed by atoms with van der Waals surface area (Å²) < 4.78 is 5.42. The van der Waals surface area contributed by atoms with Crippen molar-refractivity contribution < 1.29 is 19.1 Å². The Balaban J connectivity index is 1.95. The van der Waals surface area contributed by atoms with E-state index < -0.39 is 12.1 Å². The van der Waals surface area contributed by atoms with Gasteiger partial charge >= 0.3 is 6.03 Å². The molecule has 3 amide bonds. The summed E-state index contributed by atoms with van der Waals surface area (Å²) in [6, 6.07) is 5.94.